The molecule has 0 spiro atoms. The third-order valence-electron chi connectivity index (χ3n) is 9.04. The zero-order chi connectivity index (χ0) is 33.9. The molecular formula is C37H41Cl2N3O6. The Morgan fingerprint density at radius 2 is 1.54 bits per heavy atom. The second kappa shape index (κ2) is 14.7. The summed E-state index contributed by atoms with van der Waals surface area (Å²) in [6.45, 7) is 5.55. The van der Waals surface area contributed by atoms with Crippen molar-refractivity contribution in [2.24, 2.45) is 0 Å². The van der Waals surface area contributed by atoms with E-state index in [0.29, 0.717) is 71.3 Å². The van der Waals surface area contributed by atoms with Crippen LogP contribution in [0.3, 0.4) is 0 Å². The van der Waals surface area contributed by atoms with Crippen molar-refractivity contribution in [3.8, 4) is 23.0 Å². The number of nitrogens with one attached hydrogen (secondary N) is 1. The van der Waals surface area contributed by atoms with Gasteiger partial charge in [-0.3, -0.25) is 9.59 Å². The smallest absolute Gasteiger partial charge is 0.252 e. The molecule has 0 unspecified atom stereocenters. The van der Waals surface area contributed by atoms with E-state index in [-0.39, 0.29) is 36.5 Å². The zero-order valence-electron chi connectivity index (χ0n) is 27.7. The van der Waals surface area contributed by atoms with Crippen LogP contribution in [0.5, 0.6) is 23.0 Å². The van der Waals surface area contributed by atoms with Crippen LogP contribution >= 0.6 is 23.2 Å². The van der Waals surface area contributed by atoms with Crippen molar-refractivity contribution in [2.45, 2.75) is 57.8 Å². The minimum atomic E-state index is -0.279. The van der Waals surface area contributed by atoms with Crippen LogP contribution in [0.25, 0.3) is 5.57 Å². The highest BCUT2D eigenvalue weighted by atomic mass is 35.5. The molecule has 6 rings (SSSR count). The molecule has 1 N–H and O–H groups in total. The van der Waals surface area contributed by atoms with Crippen molar-refractivity contribution in [2.75, 3.05) is 40.5 Å². The molecule has 1 saturated carbocycles. The summed E-state index contributed by atoms with van der Waals surface area (Å²) in [5.74, 6) is 2.48. The molecule has 2 bridgehead atoms. The van der Waals surface area contributed by atoms with Crippen molar-refractivity contribution >= 4 is 40.6 Å². The van der Waals surface area contributed by atoms with Crippen LogP contribution in [0.15, 0.2) is 60.2 Å². The van der Waals surface area contributed by atoms with Crippen LogP contribution in [-0.4, -0.2) is 80.3 Å². The number of carbonyl (C=O) groups is 2. The van der Waals surface area contributed by atoms with E-state index in [4.69, 9.17) is 42.1 Å². The number of halogens is 2. The molecule has 2 aliphatic heterocycles. The van der Waals surface area contributed by atoms with Crippen molar-refractivity contribution in [1.82, 2.24) is 15.1 Å². The van der Waals surface area contributed by atoms with Crippen LogP contribution in [0.4, 0.5) is 0 Å². The number of hydrogen-bond acceptors (Lipinski definition) is 7. The van der Waals surface area contributed by atoms with Gasteiger partial charge in [-0.1, -0.05) is 35.3 Å². The number of hydrogen-bond donors (Lipinski definition) is 1. The number of fused-ring (bicyclic) bond motifs is 2. The summed E-state index contributed by atoms with van der Waals surface area (Å²) in [7, 11) is 3.24. The summed E-state index contributed by atoms with van der Waals surface area (Å²) in [6, 6.07) is 17.1. The molecule has 1 saturated heterocycles. The molecule has 0 radical (unpaired) electrons. The number of aryl methyl sites for hydroxylation is 1. The van der Waals surface area contributed by atoms with Gasteiger partial charge in [0.1, 0.15) is 30.5 Å². The van der Waals surface area contributed by atoms with Crippen molar-refractivity contribution in [3.05, 3.63) is 86.9 Å². The quantitative estimate of drug-likeness (QED) is 0.222. The summed E-state index contributed by atoms with van der Waals surface area (Å²) in [6.07, 6.45) is 2.53. The first kappa shape index (κ1) is 34.0. The van der Waals surface area contributed by atoms with E-state index in [2.05, 4.69) is 5.32 Å². The molecule has 11 heteroatoms. The van der Waals surface area contributed by atoms with Gasteiger partial charge in [-0.05, 0) is 84.8 Å². The summed E-state index contributed by atoms with van der Waals surface area (Å²) in [5, 5.41) is 4.58. The van der Waals surface area contributed by atoms with Crippen LogP contribution in [0, 0.1) is 6.92 Å². The summed E-state index contributed by atoms with van der Waals surface area (Å²) < 4.78 is 22.8. The van der Waals surface area contributed by atoms with Crippen LogP contribution < -0.4 is 24.3 Å². The lowest BCUT2D eigenvalue weighted by atomic mass is 9.82. The number of nitrogens with zero attached hydrogens (tertiary/aromatic N) is 2. The highest BCUT2D eigenvalue weighted by Gasteiger charge is 2.43. The number of amides is 2. The predicted octanol–water partition coefficient (Wildman–Crippen LogP) is 6.31. The summed E-state index contributed by atoms with van der Waals surface area (Å²) >= 11 is 12.6. The number of methoxy groups -OCH3 is 2. The summed E-state index contributed by atoms with van der Waals surface area (Å²) in [4.78, 5) is 31.0. The first-order valence-corrected chi connectivity index (χ1v) is 17.0. The van der Waals surface area contributed by atoms with Gasteiger partial charge in [0.25, 0.3) is 5.91 Å². The Morgan fingerprint density at radius 1 is 0.896 bits per heavy atom. The number of rotatable bonds is 12. The van der Waals surface area contributed by atoms with Gasteiger partial charge in [0, 0.05) is 50.3 Å². The molecule has 2 heterocycles. The lowest BCUT2D eigenvalue weighted by molar-refractivity contribution is -0.132. The number of benzene rings is 3. The molecular weight excluding hydrogens is 653 g/mol. The van der Waals surface area contributed by atoms with E-state index in [1.165, 1.54) is 0 Å². The molecule has 3 aliphatic rings. The van der Waals surface area contributed by atoms with E-state index in [9.17, 15) is 9.59 Å². The standard InChI is InChI=1S/C37H41Cl2N3O6/c1-22-13-32(38)36(33(39)14-22)48-12-11-47-28-9-5-25(6-10-28)31-17-26-20-41(23(2)43)21-34(40-26)35(31)37(44)42(27-7-8-27)19-24-15-29(45-3)18-30(16-24)46-4/h5-6,9-10,13-16,18,26-27,34,40H,7-8,11-12,17,19-21H2,1-4H3/t26-,34-/m1/s1. The Bertz CT molecular complexity index is 1660. The number of ether oxygens (including phenoxy) is 4. The van der Waals surface area contributed by atoms with Gasteiger partial charge in [0.05, 0.1) is 30.3 Å². The molecule has 254 valence electrons. The number of carbonyl (C=O) groups excluding carboxylic acids is 2. The summed E-state index contributed by atoms with van der Waals surface area (Å²) in [5.41, 5.74) is 4.57. The van der Waals surface area contributed by atoms with E-state index in [1.807, 2.05) is 71.3 Å². The van der Waals surface area contributed by atoms with E-state index in [1.54, 1.807) is 21.1 Å². The van der Waals surface area contributed by atoms with Gasteiger partial charge >= 0.3 is 0 Å². The molecule has 2 atom stereocenters. The Balaban J connectivity index is 1.24. The SMILES string of the molecule is COc1cc(CN(C(=O)C2=C(c3ccc(OCCOc4c(Cl)cc(C)cc4Cl)cc3)C[C@@H]3CN(C(C)=O)C[C@H]2N3)C2CC2)cc(OC)c1. The van der Waals surface area contributed by atoms with Crippen molar-refractivity contribution in [3.63, 3.8) is 0 Å². The molecule has 0 aromatic heterocycles. The normalized spacial score (nSPS) is 18.8. The zero-order valence-corrected chi connectivity index (χ0v) is 29.2. The van der Waals surface area contributed by atoms with E-state index >= 15 is 0 Å². The Labute approximate surface area is 291 Å². The second-order valence-corrected chi connectivity index (χ2v) is 13.4. The molecule has 48 heavy (non-hydrogen) atoms. The first-order valence-electron chi connectivity index (χ1n) is 16.2. The second-order valence-electron chi connectivity index (χ2n) is 12.6. The third kappa shape index (κ3) is 7.69. The largest absolute Gasteiger partial charge is 0.497 e. The molecule has 2 fully saturated rings. The van der Waals surface area contributed by atoms with Crippen LogP contribution in [0.2, 0.25) is 10.0 Å². The number of piperazine rings is 1. The fourth-order valence-electron chi connectivity index (χ4n) is 6.57. The van der Waals surface area contributed by atoms with E-state index in [0.717, 1.165) is 35.1 Å². The lowest BCUT2D eigenvalue weighted by Gasteiger charge is -2.44. The fourth-order valence-corrected chi connectivity index (χ4v) is 7.27. The highest BCUT2D eigenvalue weighted by molar-refractivity contribution is 6.37. The van der Waals surface area contributed by atoms with E-state index < -0.39 is 0 Å². The maximum atomic E-state index is 14.7. The van der Waals surface area contributed by atoms with Gasteiger partial charge in [-0.15, -0.1) is 0 Å². The first-order chi connectivity index (χ1) is 23.1. The lowest BCUT2D eigenvalue weighted by Crippen LogP contribution is -2.61. The minimum Gasteiger partial charge on any atom is -0.497 e. The van der Waals surface area contributed by atoms with Crippen molar-refractivity contribution < 1.29 is 28.5 Å². The highest BCUT2D eigenvalue weighted by Crippen LogP contribution is 2.38. The minimum absolute atomic E-state index is 0.0125. The maximum Gasteiger partial charge on any atom is 0.252 e. The average Bonchev–Trinajstić information content (AvgIpc) is 3.91. The Morgan fingerprint density at radius 3 is 2.15 bits per heavy atom. The maximum absolute atomic E-state index is 14.7. The van der Waals surface area contributed by atoms with Gasteiger partial charge < -0.3 is 34.1 Å². The fraction of sp³-hybridized carbons (Fsp3) is 0.405. The van der Waals surface area contributed by atoms with Gasteiger partial charge in [0.2, 0.25) is 5.91 Å². The topological polar surface area (TPSA) is 89.6 Å². The van der Waals surface area contributed by atoms with Gasteiger partial charge in [-0.2, -0.15) is 0 Å². The van der Waals surface area contributed by atoms with Crippen LogP contribution in [-0.2, 0) is 16.1 Å². The molecule has 3 aromatic rings. The Hall–Kier alpha value is -3.92. The predicted molar refractivity (Wildman–Crippen MR) is 186 cm³/mol. The molecule has 2 amide bonds. The van der Waals surface area contributed by atoms with Crippen molar-refractivity contribution in [1.29, 1.82) is 0 Å². The molecule has 9 nitrogen and oxygen atoms in total. The van der Waals surface area contributed by atoms with Gasteiger partial charge in [0.15, 0.2) is 5.75 Å². The monoisotopic (exact) mass is 693 g/mol. The Kier molecular flexibility index (Phi) is 10.4. The molecule has 3 aromatic carbocycles. The van der Waals surface area contributed by atoms with Gasteiger partial charge in [-0.25, -0.2) is 0 Å². The third-order valence-corrected chi connectivity index (χ3v) is 9.60. The average molecular weight is 695 g/mol. The molecule has 1 aliphatic carbocycles. The van der Waals surface area contributed by atoms with Crippen LogP contribution in [0.1, 0.15) is 42.9 Å².